The van der Waals surface area contributed by atoms with Crippen molar-refractivity contribution in [1.82, 2.24) is 34.7 Å². The number of Topliss-reactive ketones (excluding diaryl/α,β-unsaturated/α-hetero) is 2. The molecular weight excluding hydrogens is 1510 g/mol. The van der Waals surface area contributed by atoms with Crippen molar-refractivity contribution in [1.29, 1.82) is 0 Å². The van der Waals surface area contributed by atoms with Gasteiger partial charge in [0, 0.05) is 127 Å². The highest BCUT2D eigenvalue weighted by molar-refractivity contribution is 7.99. The molecule has 2 atom stereocenters. The topological polar surface area (TPSA) is 283 Å². The number of halogens is 2. The molecule has 24 nitrogen and oxygen atoms in total. The number of imide groups is 1. The summed E-state index contributed by atoms with van der Waals surface area (Å²) in [7, 11) is -12.0. The molecule has 110 heavy (non-hydrogen) atoms. The highest BCUT2D eigenvalue weighted by Crippen LogP contribution is 2.45. The maximum Gasteiger partial charge on any atom is 0.262 e. The van der Waals surface area contributed by atoms with Crippen LogP contribution in [0.4, 0.5) is 27.1 Å². The number of rotatable bonds is 36. The van der Waals surface area contributed by atoms with Crippen molar-refractivity contribution in [3.8, 4) is 22.4 Å². The summed E-state index contributed by atoms with van der Waals surface area (Å²) in [6.45, 7) is 14.1. The van der Waals surface area contributed by atoms with E-state index in [4.69, 9.17) is 25.8 Å². The Morgan fingerprint density at radius 1 is 0.691 bits per heavy atom. The maximum atomic E-state index is 15.9. The van der Waals surface area contributed by atoms with Gasteiger partial charge in [0.2, 0.25) is 0 Å². The number of nitrogens with zero attached hydrogens (tertiary/aromatic N) is 8. The number of fused-ring (bicyclic) bond motifs is 1. The van der Waals surface area contributed by atoms with E-state index in [0.29, 0.717) is 148 Å². The predicted molar refractivity (Wildman–Crippen MR) is 425 cm³/mol. The molecule has 1 saturated carbocycles. The lowest BCUT2D eigenvalue weighted by Gasteiger charge is -2.37. The largest absolute Gasteiger partial charge is 0.380 e. The number of carbonyl (C=O) groups is 4. The van der Waals surface area contributed by atoms with Crippen LogP contribution in [0, 0.1) is 12.7 Å². The van der Waals surface area contributed by atoms with Crippen molar-refractivity contribution >= 4 is 99.2 Å². The first-order chi connectivity index (χ1) is 52.8. The highest BCUT2D eigenvalue weighted by Gasteiger charge is 2.45. The van der Waals surface area contributed by atoms with Gasteiger partial charge in [-0.3, -0.25) is 33.5 Å². The Bertz CT molecular complexity index is 4960. The minimum absolute atomic E-state index is 0.124. The number of nitrogens with one attached hydrogen (secondary N) is 3. The second-order valence-corrected chi connectivity index (χ2v) is 35.9. The minimum atomic E-state index is -4.28. The number of hydrogen-bond donors (Lipinski definition) is 3. The highest BCUT2D eigenvalue weighted by atomic mass is 35.5. The molecule has 30 heteroatoms. The molecule has 0 radical (unpaired) electrons. The van der Waals surface area contributed by atoms with Crippen LogP contribution in [0.3, 0.4) is 0 Å². The Hall–Kier alpha value is -8.36. The number of ether oxygens (including phenoxy) is 3. The average Bonchev–Trinajstić information content (AvgIpc) is 1.58. The molecule has 1 aliphatic carbocycles. The van der Waals surface area contributed by atoms with Crippen LogP contribution in [-0.4, -0.2) is 200 Å². The molecule has 3 fully saturated rings. The molecule has 3 N–H and O–H groups in total. The van der Waals surface area contributed by atoms with Crippen LogP contribution >= 0.6 is 23.4 Å². The number of carbonyl (C=O) groups excluding carboxylic acids is 4. The first-order valence-electron chi connectivity index (χ1n) is 37.3. The van der Waals surface area contributed by atoms with Gasteiger partial charge in [0.15, 0.2) is 25.5 Å². The third-order valence-corrected chi connectivity index (χ3v) is 25.6. The van der Waals surface area contributed by atoms with E-state index in [1.54, 1.807) is 55.1 Å². The van der Waals surface area contributed by atoms with Crippen LogP contribution in [0.2, 0.25) is 5.02 Å². The molecule has 12 rings (SSSR count). The van der Waals surface area contributed by atoms with Crippen LogP contribution < -0.4 is 25.2 Å². The molecule has 3 aliphatic heterocycles. The molecule has 1 unspecified atom stereocenters. The second kappa shape index (κ2) is 36.4. The standard InChI is InChI=1S/C80H95ClFN11O13S4/c1-54(2)92-55(3)78(109(5,100)101)76(77(92)57-17-19-59(81)20-18-57)58-46-60(82)48-66(47-58)90-39-37-89(38-40-90)65-23-21-62(22-24-65)86-110(102,103)69-26-27-71(74(50-69)108(4,98)99)84-63(53-107-68-14-7-6-8-15-68)31-36-88-34-29-61(30-35-88)83-32-11-33-91-51-64(85-87-91)52-106-45-44-105-43-42-104-41-10-13-56-12-9-16-70-75(56)80(97)93(79(70)96)72-28-25-67(94)49-73(72)95/h6-9,12,14-24,26-27,46-48,50-51,54,61,63,72,83-84,86H,10-11,13,25,28-45,49,52-53H2,1-5H3/t63-,72?/m1/s1. The summed E-state index contributed by atoms with van der Waals surface area (Å²) >= 11 is 7.96. The van der Waals surface area contributed by atoms with Gasteiger partial charge in [0.1, 0.15) is 17.3 Å². The second-order valence-electron chi connectivity index (χ2n) is 28.7. The number of piperidine rings is 1. The van der Waals surface area contributed by atoms with Gasteiger partial charge in [-0.25, -0.2) is 29.6 Å². The fourth-order valence-corrected chi connectivity index (χ4v) is 19.4. The minimum Gasteiger partial charge on any atom is -0.380 e. The molecule has 2 aromatic heterocycles. The van der Waals surface area contributed by atoms with Crippen LogP contribution in [0.15, 0.2) is 159 Å². The van der Waals surface area contributed by atoms with Gasteiger partial charge in [-0.05, 0) is 193 Å². The normalized spacial score (nSPS) is 16.5. The summed E-state index contributed by atoms with van der Waals surface area (Å²) in [6.07, 6.45) is 8.85. The Balaban J connectivity index is 0.561. The van der Waals surface area contributed by atoms with E-state index in [2.05, 4.69) is 40.4 Å². The average molecular weight is 1600 g/mol. The smallest absolute Gasteiger partial charge is 0.262 e. The lowest BCUT2D eigenvalue weighted by Crippen LogP contribution is -2.47. The summed E-state index contributed by atoms with van der Waals surface area (Å²) in [5, 5.41) is 16.3. The number of sulfonamides is 1. The lowest BCUT2D eigenvalue weighted by atomic mass is 9.92. The van der Waals surface area contributed by atoms with Crippen molar-refractivity contribution in [3.05, 3.63) is 179 Å². The van der Waals surface area contributed by atoms with Crippen LogP contribution in [-0.2, 0) is 73.1 Å². The van der Waals surface area contributed by atoms with Gasteiger partial charge in [-0.15, -0.1) is 16.9 Å². The van der Waals surface area contributed by atoms with Gasteiger partial charge in [0.05, 0.1) is 88.9 Å². The third-order valence-electron chi connectivity index (χ3n) is 20.4. The van der Waals surface area contributed by atoms with E-state index >= 15 is 4.39 Å². The number of likely N-dealkylation sites (tertiary alicyclic amines) is 1. The number of thioether (sulfide) groups is 1. The zero-order chi connectivity index (χ0) is 77.9. The zero-order valence-electron chi connectivity index (χ0n) is 62.5. The fraction of sp³-hybridized carbons (Fsp3) is 0.425. The number of piperazine rings is 1. The molecule has 2 saturated heterocycles. The van der Waals surface area contributed by atoms with E-state index < -0.39 is 59.2 Å². The van der Waals surface area contributed by atoms with Crippen molar-refractivity contribution in [2.45, 2.75) is 135 Å². The molecule has 8 aromatic rings. The number of hydrogen-bond acceptors (Lipinski definition) is 21. The molecule has 6 aromatic carbocycles. The quantitative estimate of drug-likeness (QED) is 0.0142. The van der Waals surface area contributed by atoms with Gasteiger partial charge in [-0.1, -0.05) is 59.3 Å². The van der Waals surface area contributed by atoms with Crippen molar-refractivity contribution in [2.75, 3.05) is 123 Å². The van der Waals surface area contributed by atoms with Gasteiger partial charge in [-0.2, -0.15) is 0 Å². The van der Waals surface area contributed by atoms with E-state index in [1.807, 2.05) is 96.0 Å². The summed E-state index contributed by atoms with van der Waals surface area (Å²) in [5.74, 6) is -1.41. The summed E-state index contributed by atoms with van der Waals surface area (Å²) < 4.78 is 122. The van der Waals surface area contributed by atoms with Crippen LogP contribution in [0.5, 0.6) is 0 Å². The maximum absolute atomic E-state index is 15.9. The van der Waals surface area contributed by atoms with Crippen molar-refractivity contribution in [2.24, 2.45) is 0 Å². The molecule has 0 spiro atoms. The Kier molecular flexibility index (Phi) is 26.9. The predicted octanol–water partition coefficient (Wildman–Crippen LogP) is 11.6. The van der Waals surface area contributed by atoms with E-state index in [0.717, 1.165) is 84.0 Å². The number of sulfone groups is 2. The molecule has 5 heterocycles. The SMILES string of the molecule is Cc1c(S(C)(=O)=O)c(-c2cc(F)cc(N3CCN(c4ccc(NS(=O)(=O)c5ccc(N[C@H](CCN6CCC(NCCCn7cc(COCCOCCOCCCc8cccc9c8C(=O)N(C8CCC(=O)CC8=O)C9=O)nn7)CC6)CSc6ccccc6)c(S(C)(=O)=O)c5)cc4)CC3)c2)c(-c2ccc(Cl)cc2)n1C(C)C. The van der Waals surface area contributed by atoms with Crippen LogP contribution in [0.1, 0.15) is 109 Å². The number of anilines is 4. The van der Waals surface area contributed by atoms with Gasteiger partial charge in [0.25, 0.3) is 21.8 Å². The summed E-state index contributed by atoms with van der Waals surface area (Å²) in [6, 6.07) is 37.3. The summed E-state index contributed by atoms with van der Waals surface area (Å²) in [4.78, 5) is 59.5. The molecule has 2 amide bonds. The fourth-order valence-electron chi connectivity index (χ4n) is 15.0. The van der Waals surface area contributed by atoms with E-state index in [-0.39, 0.29) is 63.1 Å². The number of ketones is 2. The van der Waals surface area contributed by atoms with E-state index in [9.17, 15) is 44.4 Å². The summed E-state index contributed by atoms with van der Waals surface area (Å²) in [5.41, 5.74) is 6.93. The van der Waals surface area contributed by atoms with E-state index in [1.165, 1.54) is 36.6 Å². The lowest BCUT2D eigenvalue weighted by molar-refractivity contribution is -0.132. The third kappa shape index (κ3) is 20.3. The first kappa shape index (κ1) is 81.1. The first-order valence-corrected chi connectivity index (χ1v) is 43.9. The van der Waals surface area contributed by atoms with Crippen LogP contribution in [0.25, 0.3) is 22.4 Å². The zero-order valence-corrected chi connectivity index (χ0v) is 66.6. The molecule has 586 valence electrons. The molecular formula is C80H95ClFN11O13S4. The monoisotopic (exact) mass is 1600 g/mol. The number of aryl methyl sites for hydroxylation is 2. The van der Waals surface area contributed by atoms with Crippen molar-refractivity contribution in [3.63, 3.8) is 0 Å². The van der Waals surface area contributed by atoms with Gasteiger partial charge < -0.3 is 44.1 Å². The van der Waals surface area contributed by atoms with Crippen molar-refractivity contribution < 1.29 is 63.0 Å². The molecule has 4 aliphatic rings. The molecule has 0 bridgehead atoms. The number of aromatic nitrogens is 4. The number of benzene rings is 6. The number of amides is 2. The van der Waals surface area contributed by atoms with Gasteiger partial charge >= 0.3 is 0 Å². The Morgan fingerprint density at radius 2 is 1.39 bits per heavy atom. The Morgan fingerprint density at radius 3 is 2.08 bits per heavy atom. The Labute approximate surface area is 652 Å².